The highest BCUT2D eigenvalue weighted by Gasteiger charge is 2.47. The fourth-order valence-corrected chi connectivity index (χ4v) is 9.53. The summed E-state index contributed by atoms with van der Waals surface area (Å²) in [4.78, 5) is 26.5. The van der Waals surface area contributed by atoms with E-state index in [0.717, 1.165) is 64.2 Å². The Balaban J connectivity index is 2.60. The fourth-order valence-electron chi connectivity index (χ4n) is 9.53. The van der Waals surface area contributed by atoms with Gasteiger partial charge in [0.1, 0.15) is 24.4 Å². The number of unbranched alkanes of at least 4 members (excludes halogenated alkanes) is 30. The summed E-state index contributed by atoms with van der Waals surface area (Å²) in [7, 11) is 0. The Morgan fingerprint density at radius 2 is 0.896 bits per heavy atom. The Kier molecular flexibility index (Phi) is 50.3. The van der Waals surface area contributed by atoms with Gasteiger partial charge in [-0.15, -0.1) is 0 Å². The first kappa shape index (κ1) is 72.1. The minimum atomic E-state index is -1.62. The van der Waals surface area contributed by atoms with Gasteiger partial charge in [-0.25, -0.2) is 0 Å². The number of rotatable bonds is 53. The molecule has 8 atom stereocenters. The summed E-state index contributed by atoms with van der Waals surface area (Å²) >= 11 is 0. The lowest BCUT2D eigenvalue weighted by Crippen LogP contribution is -2.61. The van der Waals surface area contributed by atoms with Crippen molar-refractivity contribution >= 4 is 11.9 Å². The molecule has 0 bridgehead atoms. The van der Waals surface area contributed by atoms with Crippen molar-refractivity contribution in [3.8, 4) is 0 Å². The van der Waals surface area contributed by atoms with Crippen LogP contribution in [0.25, 0.3) is 0 Å². The minimum absolute atomic E-state index is 0.0807. The van der Waals surface area contributed by atoms with E-state index in [9.17, 15) is 35.1 Å². The highest BCUT2D eigenvalue weighted by molar-refractivity contribution is 5.81. The zero-order chi connectivity index (χ0) is 56.1. The van der Waals surface area contributed by atoms with Gasteiger partial charge in [0.05, 0.1) is 25.4 Å². The van der Waals surface area contributed by atoms with Crippen LogP contribution in [0, 0.1) is 0 Å². The van der Waals surface area contributed by atoms with Crippen molar-refractivity contribution in [3.63, 3.8) is 0 Å². The monoisotopic (exact) mass is 1080 g/mol. The third kappa shape index (κ3) is 41.7. The quantitative estimate of drug-likeness (QED) is 0.0195. The molecule has 8 unspecified atom stereocenters. The van der Waals surface area contributed by atoms with Crippen LogP contribution in [0.1, 0.15) is 271 Å². The number of amides is 1. The summed E-state index contributed by atoms with van der Waals surface area (Å²) in [6.07, 6.45) is 58.3. The molecule has 0 aromatic rings. The molecule has 11 nitrogen and oxygen atoms in total. The van der Waals surface area contributed by atoms with Crippen LogP contribution >= 0.6 is 0 Å². The highest BCUT2D eigenvalue weighted by Crippen LogP contribution is 2.26. The molecular formula is C66H117NO10. The predicted molar refractivity (Wildman–Crippen MR) is 319 cm³/mol. The zero-order valence-corrected chi connectivity index (χ0v) is 49.3. The molecule has 6 N–H and O–H groups in total. The van der Waals surface area contributed by atoms with E-state index in [1.807, 2.05) is 12.2 Å². The third-order valence-electron chi connectivity index (χ3n) is 14.6. The van der Waals surface area contributed by atoms with E-state index in [-0.39, 0.29) is 19.4 Å². The Labute approximate surface area is 471 Å². The Hall–Kier alpha value is -2.90. The SMILES string of the molecule is CCCCC/C=C\C/C=C\C/C=C\CCCCCCCCCCCCCCC(=O)OC1C(OCC(NC(=O)C(O)C/C=C/C/C=C\CCCCCCCC)C(O)/C=C/CCCCCCCCCCC)OC(CO)C(O)C1O. The number of allylic oxidation sites excluding steroid dienone is 10. The molecule has 1 aliphatic heterocycles. The van der Waals surface area contributed by atoms with Gasteiger partial charge in [-0.2, -0.15) is 0 Å². The van der Waals surface area contributed by atoms with Crippen LogP contribution in [-0.2, 0) is 23.8 Å². The van der Waals surface area contributed by atoms with Crippen molar-refractivity contribution < 1.29 is 49.3 Å². The van der Waals surface area contributed by atoms with E-state index in [1.165, 1.54) is 161 Å². The second-order valence-corrected chi connectivity index (χ2v) is 21.8. The molecule has 0 aliphatic carbocycles. The maximum absolute atomic E-state index is 13.3. The van der Waals surface area contributed by atoms with E-state index < -0.39 is 67.4 Å². The summed E-state index contributed by atoms with van der Waals surface area (Å²) in [5.41, 5.74) is 0. The van der Waals surface area contributed by atoms with E-state index in [4.69, 9.17) is 14.2 Å². The number of hydrogen-bond donors (Lipinski definition) is 6. The van der Waals surface area contributed by atoms with Gasteiger partial charge in [0, 0.05) is 12.8 Å². The van der Waals surface area contributed by atoms with Gasteiger partial charge in [-0.3, -0.25) is 9.59 Å². The van der Waals surface area contributed by atoms with Crippen molar-refractivity contribution in [2.75, 3.05) is 13.2 Å². The molecule has 1 heterocycles. The first-order valence-corrected chi connectivity index (χ1v) is 31.7. The number of carbonyl (C=O) groups is 2. The summed E-state index contributed by atoms with van der Waals surface area (Å²) in [6, 6.07) is -1.06. The van der Waals surface area contributed by atoms with E-state index >= 15 is 0 Å². The fraction of sp³-hybridized carbons (Fsp3) is 0.788. The summed E-state index contributed by atoms with van der Waals surface area (Å²) in [5.74, 6) is -1.27. The largest absolute Gasteiger partial charge is 0.454 e. The van der Waals surface area contributed by atoms with Gasteiger partial charge in [-0.1, -0.05) is 254 Å². The molecular weight excluding hydrogens is 967 g/mol. The number of aliphatic hydroxyl groups is 5. The number of ether oxygens (including phenoxy) is 3. The first-order valence-electron chi connectivity index (χ1n) is 31.7. The Morgan fingerprint density at radius 3 is 1.36 bits per heavy atom. The first-order chi connectivity index (χ1) is 37.7. The maximum Gasteiger partial charge on any atom is 0.306 e. The normalized spacial score (nSPS) is 19.5. The molecule has 0 aromatic carbocycles. The molecule has 1 fully saturated rings. The number of carbonyl (C=O) groups excluding carboxylic acids is 2. The van der Waals surface area contributed by atoms with Crippen LogP contribution in [0.2, 0.25) is 0 Å². The number of aliphatic hydroxyl groups excluding tert-OH is 5. The minimum Gasteiger partial charge on any atom is -0.454 e. The van der Waals surface area contributed by atoms with E-state index in [1.54, 1.807) is 12.2 Å². The smallest absolute Gasteiger partial charge is 0.306 e. The van der Waals surface area contributed by atoms with Gasteiger partial charge in [0.2, 0.25) is 5.91 Å². The van der Waals surface area contributed by atoms with Gasteiger partial charge < -0.3 is 45.1 Å². The molecule has 11 heteroatoms. The second-order valence-electron chi connectivity index (χ2n) is 21.8. The van der Waals surface area contributed by atoms with Crippen LogP contribution in [0.4, 0.5) is 0 Å². The Morgan fingerprint density at radius 1 is 0.506 bits per heavy atom. The predicted octanol–water partition coefficient (Wildman–Crippen LogP) is 15.2. The van der Waals surface area contributed by atoms with Crippen LogP contribution in [0.3, 0.4) is 0 Å². The molecule has 0 radical (unpaired) electrons. The standard InChI is InChI=1S/C66H117NO10/c1-4-7-10-13-16-19-22-24-25-26-27-28-29-30-31-32-33-34-35-36-39-42-45-48-51-54-61(71)77-64-63(73)62(72)60(55-68)76-66(64)75-56-57(58(69)52-49-46-43-40-37-21-18-15-12-9-6-3)67-65(74)59(70)53-50-47-44-41-38-23-20-17-14-11-8-5-2/h16,19,24-25,27-28,38,41,47,49-50,52,57-60,62-64,66,68-70,72-73H,4-15,17-18,20-23,26,29-37,39-40,42-46,48,51,53-56H2,1-3H3,(H,67,74)/b19-16-,25-24-,28-27-,41-38-,50-47+,52-49+. The van der Waals surface area contributed by atoms with Crippen LogP contribution < -0.4 is 5.32 Å². The highest BCUT2D eigenvalue weighted by atomic mass is 16.7. The lowest BCUT2D eigenvalue weighted by Gasteiger charge is -2.41. The lowest BCUT2D eigenvalue weighted by molar-refractivity contribution is -0.305. The summed E-state index contributed by atoms with van der Waals surface area (Å²) in [5, 5.41) is 56.8. The zero-order valence-electron chi connectivity index (χ0n) is 49.3. The number of hydrogen-bond acceptors (Lipinski definition) is 10. The van der Waals surface area contributed by atoms with Crippen molar-refractivity contribution in [1.29, 1.82) is 0 Å². The summed E-state index contributed by atoms with van der Waals surface area (Å²) in [6.45, 7) is 5.70. The molecule has 77 heavy (non-hydrogen) atoms. The van der Waals surface area contributed by atoms with Crippen molar-refractivity contribution in [1.82, 2.24) is 5.32 Å². The molecule has 0 aromatic heterocycles. The van der Waals surface area contributed by atoms with Crippen LogP contribution in [0.15, 0.2) is 72.9 Å². The molecule has 1 amide bonds. The lowest BCUT2D eigenvalue weighted by atomic mass is 9.99. The van der Waals surface area contributed by atoms with Gasteiger partial charge in [0.25, 0.3) is 0 Å². The van der Waals surface area contributed by atoms with Gasteiger partial charge >= 0.3 is 5.97 Å². The van der Waals surface area contributed by atoms with Crippen LogP contribution in [-0.4, -0.2) is 99.6 Å². The Bertz CT molecular complexity index is 1530. The molecule has 1 rings (SSSR count). The molecule has 1 saturated heterocycles. The van der Waals surface area contributed by atoms with Crippen molar-refractivity contribution in [2.45, 2.75) is 320 Å². The van der Waals surface area contributed by atoms with Crippen molar-refractivity contribution in [2.24, 2.45) is 0 Å². The topological polar surface area (TPSA) is 175 Å². The maximum atomic E-state index is 13.3. The van der Waals surface area contributed by atoms with Crippen LogP contribution in [0.5, 0.6) is 0 Å². The van der Waals surface area contributed by atoms with Gasteiger partial charge in [0.15, 0.2) is 12.4 Å². The second kappa shape index (κ2) is 53.7. The molecule has 0 spiro atoms. The summed E-state index contributed by atoms with van der Waals surface area (Å²) < 4.78 is 17.6. The van der Waals surface area contributed by atoms with E-state index in [0.29, 0.717) is 12.8 Å². The molecule has 0 saturated carbocycles. The molecule has 446 valence electrons. The van der Waals surface area contributed by atoms with Gasteiger partial charge in [-0.05, 0) is 77.0 Å². The average molecular weight is 1080 g/mol. The number of esters is 1. The van der Waals surface area contributed by atoms with E-state index in [2.05, 4.69) is 74.7 Å². The molecule has 1 aliphatic rings. The number of nitrogens with one attached hydrogen (secondary N) is 1. The average Bonchev–Trinajstić information content (AvgIpc) is 3.43. The van der Waals surface area contributed by atoms with Crippen molar-refractivity contribution in [3.05, 3.63) is 72.9 Å². The third-order valence-corrected chi connectivity index (χ3v) is 14.6.